The third-order valence-electron chi connectivity index (χ3n) is 2.55. The fourth-order valence-corrected chi connectivity index (χ4v) is 1.69. The van der Waals surface area contributed by atoms with Crippen LogP contribution in [0.5, 0.6) is 0 Å². The molecule has 0 aliphatic carbocycles. The Labute approximate surface area is 74.8 Å². The Morgan fingerprint density at radius 2 is 2.08 bits per heavy atom. The Bertz CT molecular complexity index is 113. The molecule has 1 unspecified atom stereocenters. The Kier molecular flexibility index (Phi) is 4.58. The molecule has 0 aromatic rings. The Balaban J connectivity index is 2.15. The molecular formula is C9H20N2O. The second kappa shape index (κ2) is 5.51. The second-order valence-corrected chi connectivity index (χ2v) is 3.50. The summed E-state index contributed by atoms with van der Waals surface area (Å²) in [4.78, 5) is 2.49. The molecule has 1 fully saturated rings. The summed E-state index contributed by atoms with van der Waals surface area (Å²) in [7, 11) is 0. The fourth-order valence-electron chi connectivity index (χ4n) is 1.69. The van der Waals surface area contributed by atoms with Crippen molar-refractivity contribution in [2.24, 2.45) is 0 Å². The largest absolute Gasteiger partial charge is 0.396 e. The average Bonchev–Trinajstić information content (AvgIpc) is 2.15. The molecule has 72 valence electrons. The van der Waals surface area contributed by atoms with Crippen molar-refractivity contribution in [3.63, 3.8) is 0 Å². The molecule has 0 radical (unpaired) electrons. The van der Waals surface area contributed by atoms with Gasteiger partial charge in [-0.2, -0.15) is 0 Å². The van der Waals surface area contributed by atoms with Gasteiger partial charge >= 0.3 is 0 Å². The lowest BCUT2D eigenvalue weighted by molar-refractivity contribution is 0.165. The van der Waals surface area contributed by atoms with Gasteiger partial charge < -0.3 is 10.4 Å². The summed E-state index contributed by atoms with van der Waals surface area (Å²) in [5.41, 5.74) is 0. The molecule has 3 nitrogen and oxygen atoms in total. The van der Waals surface area contributed by atoms with Gasteiger partial charge in [-0.1, -0.05) is 0 Å². The van der Waals surface area contributed by atoms with Crippen molar-refractivity contribution >= 4 is 0 Å². The van der Waals surface area contributed by atoms with Gasteiger partial charge in [-0.15, -0.1) is 0 Å². The average molecular weight is 172 g/mol. The molecular weight excluding hydrogens is 152 g/mol. The number of rotatable bonds is 4. The van der Waals surface area contributed by atoms with E-state index in [0.29, 0.717) is 12.6 Å². The molecule has 0 aromatic heterocycles. The highest BCUT2D eigenvalue weighted by molar-refractivity contribution is 4.73. The molecule has 0 amide bonds. The second-order valence-electron chi connectivity index (χ2n) is 3.50. The van der Waals surface area contributed by atoms with Gasteiger partial charge in [-0.3, -0.25) is 4.90 Å². The summed E-state index contributed by atoms with van der Waals surface area (Å²) in [5.74, 6) is 0. The van der Waals surface area contributed by atoms with Gasteiger partial charge in [0.05, 0.1) is 0 Å². The van der Waals surface area contributed by atoms with Gasteiger partial charge in [0.2, 0.25) is 0 Å². The SMILES string of the molecule is CC(CCCO)N1CCNCC1. The third kappa shape index (κ3) is 3.09. The van der Waals surface area contributed by atoms with Crippen LogP contribution in [0.2, 0.25) is 0 Å². The van der Waals surface area contributed by atoms with Gasteiger partial charge in [-0.05, 0) is 19.8 Å². The van der Waals surface area contributed by atoms with Gasteiger partial charge in [0.25, 0.3) is 0 Å². The zero-order valence-corrected chi connectivity index (χ0v) is 7.92. The molecule has 1 heterocycles. The zero-order chi connectivity index (χ0) is 8.81. The normalized spacial score (nSPS) is 22.5. The van der Waals surface area contributed by atoms with Gasteiger partial charge in [-0.25, -0.2) is 0 Å². The lowest BCUT2D eigenvalue weighted by Gasteiger charge is -2.32. The van der Waals surface area contributed by atoms with Crippen molar-refractivity contribution in [1.29, 1.82) is 0 Å². The van der Waals surface area contributed by atoms with Crippen LogP contribution in [-0.2, 0) is 0 Å². The summed E-state index contributed by atoms with van der Waals surface area (Å²) in [5, 5.41) is 12.0. The maximum Gasteiger partial charge on any atom is 0.0431 e. The minimum Gasteiger partial charge on any atom is -0.396 e. The minimum atomic E-state index is 0.330. The van der Waals surface area contributed by atoms with Gasteiger partial charge in [0.1, 0.15) is 0 Å². The topological polar surface area (TPSA) is 35.5 Å². The van der Waals surface area contributed by atoms with Crippen LogP contribution < -0.4 is 5.32 Å². The highest BCUT2D eigenvalue weighted by Gasteiger charge is 2.15. The molecule has 1 aliphatic rings. The number of hydrogen-bond acceptors (Lipinski definition) is 3. The first-order valence-electron chi connectivity index (χ1n) is 4.90. The minimum absolute atomic E-state index is 0.330. The predicted octanol–water partition coefficient (Wildman–Crippen LogP) is 0.0526. The number of hydrogen-bond donors (Lipinski definition) is 2. The molecule has 2 N–H and O–H groups in total. The first-order chi connectivity index (χ1) is 5.84. The van der Waals surface area contributed by atoms with E-state index in [1.54, 1.807) is 0 Å². The summed E-state index contributed by atoms with van der Waals surface area (Å²) in [6.07, 6.45) is 2.06. The molecule has 1 saturated heterocycles. The van der Waals surface area contributed by atoms with Crippen molar-refractivity contribution in [3.8, 4) is 0 Å². The van der Waals surface area contributed by atoms with Crippen LogP contribution in [0.3, 0.4) is 0 Å². The fraction of sp³-hybridized carbons (Fsp3) is 1.00. The van der Waals surface area contributed by atoms with E-state index in [2.05, 4.69) is 17.1 Å². The molecule has 3 heteroatoms. The summed E-state index contributed by atoms with van der Waals surface area (Å²) in [6, 6.07) is 0.638. The monoisotopic (exact) mass is 172 g/mol. The molecule has 0 spiro atoms. The van der Waals surface area contributed by atoms with E-state index in [9.17, 15) is 0 Å². The molecule has 12 heavy (non-hydrogen) atoms. The van der Waals surface area contributed by atoms with Crippen molar-refractivity contribution in [2.45, 2.75) is 25.8 Å². The standard InChI is InChI=1S/C9H20N2O/c1-9(3-2-8-12)11-6-4-10-5-7-11/h9-10,12H,2-8H2,1H3. The molecule has 0 saturated carbocycles. The smallest absolute Gasteiger partial charge is 0.0431 e. The van der Waals surface area contributed by atoms with E-state index >= 15 is 0 Å². The number of piperazine rings is 1. The Morgan fingerprint density at radius 1 is 1.42 bits per heavy atom. The van der Waals surface area contributed by atoms with E-state index in [1.807, 2.05) is 0 Å². The zero-order valence-electron chi connectivity index (χ0n) is 7.92. The van der Waals surface area contributed by atoms with E-state index in [-0.39, 0.29) is 0 Å². The predicted molar refractivity (Wildman–Crippen MR) is 50.2 cm³/mol. The number of aliphatic hydroxyl groups excluding tert-OH is 1. The van der Waals surface area contributed by atoms with E-state index in [0.717, 1.165) is 39.0 Å². The third-order valence-corrected chi connectivity index (χ3v) is 2.55. The van der Waals surface area contributed by atoms with Crippen molar-refractivity contribution < 1.29 is 5.11 Å². The van der Waals surface area contributed by atoms with Crippen LogP contribution in [0.4, 0.5) is 0 Å². The lowest BCUT2D eigenvalue weighted by Crippen LogP contribution is -2.47. The summed E-state index contributed by atoms with van der Waals surface area (Å²) in [6.45, 7) is 7.13. The van der Waals surface area contributed by atoms with Crippen LogP contribution in [0.1, 0.15) is 19.8 Å². The maximum atomic E-state index is 8.68. The summed E-state index contributed by atoms with van der Waals surface area (Å²) < 4.78 is 0. The van der Waals surface area contributed by atoms with Crippen molar-refractivity contribution in [2.75, 3.05) is 32.8 Å². The number of nitrogens with zero attached hydrogens (tertiary/aromatic N) is 1. The maximum absolute atomic E-state index is 8.68. The highest BCUT2D eigenvalue weighted by atomic mass is 16.2. The van der Waals surface area contributed by atoms with Crippen LogP contribution in [0.25, 0.3) is 0 Å². The first kappa shape index (κ1) is 9.96. The molecule has 1 rings (SSSR count). The van der Waals surface area contributed by atoms with Gasteiger partial charge in [0, 0.05) is 38.8 Å². The van der Waals surface area contributed by atoms with Gasteiger partial charge in [0.15, 0.2) is 0 Å². The van der Waals surface area contributed by atoms with E-state index < -0.39 is 0 Å². The quantitative estimate of drug-likeness (QED) is 0.629. The van der Waals surface area contributed by atoms with E-state index in [4.69, 9.17) is 5.11 Å². The Hall–Kier alpha value is -0.120. The van der Waals surface area contributed by atoms with Crippen LogP contribution >= 0.6 is 0 Å². The molecule has 0 aromatic carbocycles. The van der Waals surface area contributed by atoms with Crippen LogP contribution in [0, 0.1) is 0 Å². The Morgan fingerprint density at radius 3 is 2.67 bits per heavy atom. The van der Waals surface area contributed by atoms with Crippen molar-refractivity contribution in [1.82, 2.24) is 10.2 Å². The van der Waals surface area contributed by atoms with Crippen molar-refractivity contribution in [3.05, 3.63) is 0 Å². The number of aliphatic hydroxyl groups is 1. The lowest BCUT2D eigenvalue weighted by atomic mass is 10.1. The van der Waals surface area contributed by atoms with Crippen LogP contribution in [0.15, 0.2) is 0 Å². The van der Waals surface area contributed by atoms with Crippen LogP contribution in [-0.4, -0.2) is 48.8 Å². The van der Waals surface area contributed by atoms with E-state index in [1.165, 1.54) is 0 Å². The molecule has 0 bridgehead atoms. The molecule has 1 atom stereocenters. The number of nitrogens with one attached hydrogen (secondary N) is 1. The highest BCUT2D eigenvalue weighted by Crippen LogP contribution is 2.06. The summed E-state index contributed by atoms with van der Waals surface area (Å²) >= 11 is 0. The first-order valence-corrected chi connectivity index (χ1v) is 4.90. The molecule has 1 aliphatic heterocycles.